The first-order chi connectivity index (χ1) is 10.1. The SMILES string of the molecule is CC1CN(c2ccc(/C=C/C(=O)O)cc2C#N)CCCO1. The lowest BCUT2D eigenvalue weighted by molar-refractivity contribution is -0.131. The van der Waals surface area contributed by atoms with Crippen LogP contribution in [0.4, 0.5) is 5.69 Å². The fourth-order valence-electron chi connectivity index (χ4n) is 2.40. The van der Waals surface area contributed by atoms with Gasteiger partial charge in [-0.15, -0.1) is 0 Å². The van der Waals surface area contributed by atoms with Crippen molar-refractivity contribution in [3.05, 3.63) is 35.4 Å². The van der Waals surface area contributed by atoms with E-state index in [2.05, 4.69) is 11.0 Å². The summed E-state index contributed by atoms with van der Waals surface area (Å²) in [4.78, 5) is 12.7. The zero-order valence-electron chi connectivity index (χ0n) is 12.0. The van der Waals surface area contributed by atoms with Gasteiger partial charge in [-0.05, 0) is 37.1 Å². The number of carboxylic acid groups (broad SMARTS) is 1. The van der Waals surface area contributed by atoms with Crippen molar-refractivity contribution in [1.82, 2.24) is 0 Å². The maximum absolute atomic E-state index is 10.5. The van der Waals surface area contributed by atoms with Crippen LogP contribution in [0.2, 0.25) is 0 Å². The molecule has 1 fully saturated rings. The first kappa shape index (κ1) is 15.1. The average Bonchev–Trinajstić information content (AvgIpc) is 2.69. The van der Waals surface area contributed by atoms with Crippen molar-refractivity contribution in [2.45, 2.75) is 19.4 Å². The van der Waals surface area contributed by atoms with Crippen LogP contribution in [-0.4, -0.2) is 36.9 Å². The van der Waals surface area contributed by atoms with Gasteiger partial charge in [0.1, 0.15) is 6.07 Å². The van der Waals surface area contributed by atoms with Crippen LogP contribution in [0.1, 0.15) is 24.5 Å². The highest BCUT2D eigenvalue weighted by Gasteiger charge is 2.17. The summed E-state index contributed by atoms with van der Waals surface area (Å²) >= 11 is 0. The lowest BCUT2D eigenvalue weighted by Gasteiger charge is -2.25. The topological polar surface area (TPSA) is 73.6 Å². The number of nitriles is 1. The Hall–Kier alpha value is -2.32. The third-order valence-electron chi connectivity index (χ3n) is 3.35. The molecule has 0 radical (unpaired) electrons. The molecule has 0 amide bonds. The smallest absolute Gasteiger partial charge is 0.328 e. The molecular weight excluding hydrogens is 268 g/mol. The van der Waals surface area contributed by atoms with E-state index in [1.165, 1.54) is 6.08 Å². The maximum Gasteiger partial charge on any atom is 0.328 e. The first-order valence-corrected chi connectivity index (χ1v) is 6.92. The Morgan fingerprint density at radius 1 is 1.57 bits per heavy atom. The largest absolute Gasteiger partial charge is 0.478 e. The molecule has 1 aromatic rings. The van der Waals surface area contributed by atoms with Crippen LogP contribution >= 0.6 is 0 Å². The van der Waals surface area contributed by atoms with E-state index >= 15 is 0 Å². The second-order valence-corrected chi connectivity index (χ2v) is 5.04. The number of benzene rings is 1. The molecule has 1 aliphatic rings. The highest BCUT2D eigenvalue weighted by Crippen LogP contribution is 2.24. The number of aliphatic carboxylic acids is 1. The molecule has 0 aliphatic carbocycles. The number of carboxylic acids is 1. The van der Waals surface area contributed by atoms with Crippen LogP contribution < -0.4 is 4.90 Å². The fraction of sp³-hybridized carbons (Fsp3) is 0.375. The summed E-state index contributed by atoms with van der Waals surface area (Å²) < 4.78 is 5.62. The zero-order valence-corrected chi connectivity index (χ0v) is 12.0. The quantitative estimate of drug-likeness (QED) is 0.863. The Labute approximate surface area is 124 Å². The molecule has 1 unspecified atom stereocenters. The Kier molecular flexibility index (Phi) is 4.96. The van der Waals surface area contributed by atoms with Crippen LogP contribution in [-0.2, 0) is 9.53 Å². The molecule has 1 aliphatic heterocycles. The van der Waals surface area contributed by atoms with Gasteiger partial charge in [-0.25, -0.2) is 4.79 Å². The van der Waals surface area contributed by atoms with Crippen LogP contribution in [0, 0.1) is 11.3 Å². The number of nitrogens with zero attached hydrogens (tertiary/aromatic N) is 2. The normalized spacial score (nSPS) is 19.2. The van der Waals surface area contributed by atoms with Gasteiger partial charge in [-0.3, -0.25) is 0 Å². The monoisotopic (exact) mass is 286 g/mol. The molecule has 1 aromatic carbocycles. The molecule has 21 heavy (non-hydrogen) atoms. The van der Waals surface area contributed by atoms with Gasteiger partial charge in [0.2, 0.25) is 0 Å². The van der Waals surface area contributed by atoms with E-state index in [1.807, 2.05) is 19.1 Å². The molecule has 0 saturated carbocycles. The molecule has 5 heteroatoms. The molecule has 1 N–H and O–H groups in total. The van der Waals surface area contributed by atoms with Crippen LogP contribution in [0.25, 0.3) is 6.08 Å². The van der Waals surface area contributed by atoms with Gasteiger partial charge in [0.25, 0.3) is 0 Å². The standard InChI is InChI=1S/C16H18N2O3/c1-12-11-18(7-2-8-21-12)15-5-3-13(4-6-16(19)20)9-14(15)10-17/h3-6,9,12H,2,7-8,11H2,1H3,(H,19,20)/b6-4+. The summed E-state index contributed by atoms with van der Waals surface area (Å²) in [5.41, 5.74) is 2.13. The summed E-state index contributed by atoms with van der Waals surface area (Å²) in [6, 6.07) is 7.60. The molecular formula is C16H18N2O3. The Morgan fingerprint density at radius 3 is 3.10 bits per heavy atom. The van der Waals surface area contributed by atoms with Gasteiger partial charge in [0.05, 0.1) is 17.4 Å². The van der Waals surface area contributed by atoms with Crippen molar-refractivity contribution in [1.29, 1.82) is 5.26 Å². The van der Waals surface area contributed by atoms with Gasteiger partial charge >= 0.3 is 5.97 Å². The predicted molar refractivity (Wildman–Crippen MR) is 80.1 cm³/mol. The molecule has 0 aromatic heterocycles. The number of ether oxygens (including phenoxy) is 1. The minimum atomic E-state index is -1.00. The van der Waals surface area contributed by atoms with Crippen molar-refractivity contribution in [3.8, 4) is 6.07 Å². The van der Waals surface area contributed by atoms with E-state index in [4.69, 9.17) is 9.84 Å². The number of carbonyl (C=O) groups is 1. The molecule has 0 spiro atoms. The van der Waals surface area contributed by atoms with Gasteiger partial charge in [0.15, 0.2) is 0 Å². The molecule has 1 heterocycles. The van der Waals surface area contributed by atoms with E-state index in [-0.39, 0.29) is 6.10 Å². The summed E-state index contributed by atoms with van der Waals surface area (Å²) in [5, 5.41) is 18.0. The molecule has 0 bridgehead atoms. The Balaban J connectivity index is 2.27. The highest BCUT2D eigenvalue weighted by molar-refractivity contribution is 5.85. The van der Waals surface area contributed by atoms with E-state index in [0.717, 1.165) is 37.9 Å². The van der Waals surface area contributed by atoms with Crippen LogP contribution in [0.5, 0.6) is 0 Å². The maximum atomic E-state index is 10.5. The molecule has 110 valence electrons. The van der Waals surface area contributed by atoms with Crippen molar-refractivity contribution in [2.75, 3.05) is 24.6 Å². The average molecular weight is 286 g/mol. The molecule has 1 atom stereocenters. The second kappa shape index (κ2) is 6.91. The third kappa shape index (κ3) is 4.07. The third-order valence-corrected chi connectivity index (χ3v) is 3.35. The van der Waals surface area contributed by atoms with E-state index < -0.39 is 5.97 Å². The molecule has 5 nitrogen and oxygen atoms in total. The summed E-state index contributed by atoms with van der Waals surface area (Å²) in [5.74, 6) is -1.00. The number of anilines is 1. The van der Waals surface area contributed by atoms with Gasteiger partial charge < -0.3 is 14.7 Å². The van der Waals surface area contributed by atoms with Crippen molar-refractivity contribution >= 4 is 17.7 Å². The first-order valence-electron chi connectivity index (χ1n) is 6.92. The second-order valence-electron chi connectivity index (χ2n) is 5.04. The lowest BCUT2D eigenvalue weighted by atomic mass is 10.1. The highest BCUT2D eigenvalue weighted by atomic mass is 16.5. The molecule has 1 saturated heterocycles. The number of hydrogen-bond acceptors (Lipinski definition) is 4. The minimum absolute atomic E-state index is 0.130. The fourth-order valence-corrected chi connectivity index (χ4v) is 2.40. The van der Waals surface area contributed by atoms with Crippen LogP contribution in [0.3, 0.4) is 0 Å². The Bertz CT molecular complexity index is 590. The van der Waals surface area contributed by atoms with Crippen molar-refractivity contribution in [2.24, 2.45) is 0 Å². The van der Waals surface area contributed by atoms with Crippen molar-refractivity contribution in [3.63, 3.8) is 0 Å². The van der Waals surface area contributed by atoms with E-state index in [1.54, 1.807) is 6.07 Å². The van der Waals surface area contributed by atoms with Gasteiger partial charge in [0, 0.05) is 25.8 Å². The predicted octanol–water partition coefficient (Wildman–Crippen LogP) is 2.27. The number of hydrogen-bond donors (Lipinski definition) is 1. The van der Waals surface area contributed by atoms with Gasteiger partial charge in [-0.1, -0.05) is 6.07 Å². The van der Waals surface area contributed by atoms with Crippen LogP contribution in [0.15, 0.2) is 24.3 Å². The van der Waals surface area contributed by atoms with Crippen molar-refractivity contribution < 1.29 is 14.6 Å². The van der Waals surface area contributed by atoms with E-state index in [0.29, 0.717) is 11.1 Å². The lowest BCUT2D eigenvalue weighted by Crippen LogP contribution is -2.30. The number of rotatable bonds is 3. The minimum Gasteiger partial charge on any atom is -0.478 e. The van der Waals surface area contributed by atoms with Gasteiger partial charge in [-0.2, -0.15) is 5.26 Å². The Morgan fingerprint density at radius 2 is 2.38 bits per heavy atom. The van der Waals surface area contributed by atoms with E-state index in [9.17, 15) is 10.1 Å². The zero-order chi connectivity index (χ0) is 15.2. The molecule has 2 rings (SSSR count). The summed E-state index contributed by atoms with van der Waals surface area (Å²) in [7, 11) is 0. The summed E-state index contributed by atoms with van der Waals surface area (Å²) in [6.45, 7) is 4.36. The summed E-state index contributed by atoms with van der Waals surface area (Å²) in [6.07, 6.45) is 3.61.